The zero-order valence-electron chi connectivity index (χ0n) is 16.0. The Morgan fingerprint density at radius 1 is 1.03 bits per heavy atom. The highest BCUT2D eigenvalue weighted by Gasteiger charge is 2.24. The van der Waals surface area contributed by atoms with Crippen LogP contribution in [0.2, 0.25) is 0 Å². The number of carbonyl (C=O) groups is 2. The first-order valence-electron chi connectivity index (χ1n) is 9.93. The normalized spacial score (nSPS) is 14.7. The molecule has 0 bridgehead atoms. The summed E-state index contributed by atoms with van der Waals surface area (Å²) in [5.41, 5.74) is 1.07. The lowest BCUT2D eigenvalue weighted by atomic mass is 9.95. The Labute approximate surface area is 168 Å². The number of fused-ring (bicyclic) bond motifs is 1. The van der Waals surface area contributed by atoms with Crippen LogP contribution in [0.1, 0.15) is 58.8 Å². The molecule has 2 amide bonds. The molecule has 1 aromatic carbocycles. The molecule has 1 fully saturated rings. The molecule has 29 heavy (non-hydrogen) atoms. The molecular formula is C22H23FN4O2. The number of benzene rings is 1. The number of nitrogens with zero attached hydrogens (tertiary/aromatic N) is 2. The fraction of sp³-hybridized carbons (Fsp3) is 0.318. The molecule has 7 heteroatoms. The Morgan fingerprint density at radius 3 is 2.59 bits per heavy atom. The van der Waals surface area contributed by atoms with Crippen LogP contribution < -0.4 is 10.6 Å². The van der Waals surface area contributed by atoms with Crippen molar-refractivity contribution in [2.24, 2.45) is 0 Å². The van der Waals surface area contributed by atoms with Gasteiger partial charge in [0.1, 0.15) is 5.82 Å². The summed E-state index contributed by atoms with van der Waals surface area (Å²) in [5, 5.41) is 5.74. The average Bonchev–Trinajstić information content (AvgIpc) is 3.14. The minimum atomic E-state index is -0.450. The minimum absolute atomic E-state index is 0.0426. The van der Waals surface area contributed by atoms with Crippen molar-refractivity contribution in [1.29, 1.82) is 0 Å². The van der Waals surface area contributed by atoms with E-state index in [2.05, 4.69) is 15.6 Å². The molecule has 4 rings (SSSR count). The first-order valence-corrected chi connectivity index (χ1v) is 9.93. The maximum absolute atomic E-state index is 13.8. The standard InChI is InChI=1S/C22H23FN4O2/c23-17-11-5-4-8-15(17)14-24-21(28)19-18-12-6-7-13-27(18)20(26-19)22(29)25-16-9-2-1-3-10-16/h4-8,11-13,16H,1-3,9-10,14H2,(H,24,28)(H,25,29). The lowest BCUT2D eigenvalue weighted by molar-refractivity contribution is 0.0916. The van der Waals surface area contributed by atoms with E-state index in [0.29, 0.717) is 11.1 Å². The smallest absolute Gasteiger partial charge is 0.287 e. The van der Waals surface area contributed by atoms with E-state index in [0.717, 1.165) is 25.7 Å². The van der Waals surface area contributed by atoms with Crippen LogP contribution in [0, 0.1) is 5.82 Å². The highest BCUT2D eigenvalue weighted by Crippen LogP contribution is 2.19. The van der Waals surface area contributed by atoms with Crippen LogP contribution in [-0.4, -0.2) is 27.2 Å². The first kappa shape index (κ1) is 19.1. The predicted octanol–water partition coefficient (Wildman–Crippen LogP) is 3.47. The summed E-state index contributed by atoms with van der Waals surface area (Å²) in [6.07, 6.45) is 7.06. The van der Waals surface area contributed by atoms with Gasteiger partial charge in [0.15, 0.2) is 5.69 Å². The summed E-state index contributed by atoms with van der Waals surface area (Å²) in [6.45, 7) is 0.0426. The molecule has 0 spiro atoms. The van der Waals surface area contributed by atoms with Crippen LogP contribution in [-0.2, 0) is 6.54 Å². The third-order valence-corrected chi connectivity index (χ3v) is 5.30. The number of halogens is 1. The number of rotatable bonds is 5. The molecule has 0 radical (unpaired) electrons. The molecule has 2 N–H and O–H groups in total. The quantitative estimate of drug-likeness (QED) is 0.696. The van der Waals surface area contributed by atoms with Gasteiger partial charge >= 0.3 is 0 Å². The van der Waals surface area contributed by atoms with E-state index in [-0.39, 0.29) is 35.8 Å². The molecule has 3 aromatic rings. The number of carbonyl (C=O) groups excluding carboxylic acids is 2. The third kappa shape index (κ3) is 4.13. The number of nitrogens with one attached hydrogen (secondary N) is 2. The van der Waals surface area contributed by atoms with Crippen molar-refractivity contribution in [3.8, 4) is 0 Å². The Kier molecular flexibility index (Phi) is 5.55. The van der Waals surface area contributed by atoms with E-state index < -0.39 is 5.91 Å². The molecule has 0 atom stereocenters. The van der Waals surface area contributed by atoms with Crippen molar-refractivity contribution in [2.45, 2.75) is 44.7 Å². The second-order valence-corrected chi connectivity index (χ2v) is 7.32. The molecule has 0 unspecified atom stereocenters. The Balaban J connectivity index is 1.55. The highest BCUT2D eigenvalue weighted by molar-refractivity contribution is 6.02. The summed E-state index contributed by atoms with van der Waals surface area (Å²) in [7, 11) is 0. The maximum Gasteiger partial charge on any atom is 0.287 e. The van der Waals surface area contributed by atoms with E-state index in [1.54, 1.807) is 47.0 Å². The van der Waals surface area contributed by atoms with Crippen molar-refractivity contribution in [2.75, 3.05) is 0 Å². The van der Waals surface area contributed by atoms with Crippen LogP contribution in [0.15, 0.2) is 48.7 Å². The molecule has 0 saturated heterocycles. The Bertz CT molecular complexity index is 1040. The molecule has 1 aliphatic rings. The summed E-state index contributed by atoms with van der Waals surface area (Å²) in [4.78, 5) is 29.9. The van der Waals surface area contributed by atoms with Gasteiger partial charge in [-0.25, -0.2) is 9.37 Å². The molecule has 150 valence electrons. The molecule has 1 saturated carbocycles. The number of imidazole rings is 1. The van der Waals surface area contributed by atoms with E-state index in [4.69, 9.17) is 0 Å². The van der Waals surface area contributed by atoms with Gasteiger partial charge in [0, 0.05) is 24.3 Å². The number of hydrogen-bond donors (Lipinski definition) is 2. The minimum Gasteiger partial charge on any atom is -0.347 e. The number of aromatic nitrogens is 2. The topological polar surface area (TPSA) is 75.5 Å². The van der Waals surface area contributed by atoms with Gasteiger partial charge < -0.3 is 10.6 Å². The average molecular weight is 394 g/mol. The van der Waals surface area contributed by atoms with E-state index >= 15 is 0 Å². The summed E-state index contributed by atoms with van der Waals surface area (Å²) < 4.78 is 15.4. The van der Waals surface area contributed by atoms with Crippen molar-refractivity contribution >= 4 is 17.3 Å². The summed E-state index contributed by atoms with van der Waals surface area (Å²) in [6, 6.07) is 11.7. The summed E-state index contributed by atoms with van der Waals surface area (Å²) in [5.74, 6) is -0.933. The Morgan fingerprint density at radius 2 is 1.79 bits per heavy atom. The van der Waals surface area contributed by atoms with Gasteiger partial charge in [-0.1, -0.05) is 43.5 Å². The van der Waals surface area contributed by atoms with Gasteiger partial charge in [0.2, 0.25) is 5.82 Å². The molecule has 6 nitrogen and oxygen atoms in total. The van der Waals surface area contributed by atoms with E-state index in [1.807, 2.05) is 0 Å². The van der Waals surface area contributed by atoms with Gasteiger partial charge in [0.25, 0.3) is 11.8 Å². The number of pyridine rings is 1. The van der Waals surface area contributed by atoms with Gasteiger partial charge in [-0.15, -0.1) is 0 Å². The fourth-order valence-electron chi connectivity index (χ4n) is 3.76. The largest absolute Gasteiger partial charge is 0.347 e. The van der Waals surface area contributed by atoms with Crippen molar-refractivity contribution in [3.63, 3.8) is 0 Å². The Hall–Kier alpha value is -3.22. The second-order valence-electron chi connectivity index (χ2n) is 7.32. The molecule has 2 aromatic heterocycles. The third-order valence-electron chi connectivity index (χ3n) is 5.30. The zero-order chi connectivity index (χ0) is 20.2. The van der Waals surface area contributed by atoms with Gasteiger partial charge in [-0.2, -0.15) is 0 Å². The molecule has 1 aliphatic carbocycles. The SMILES string of the molecule is O=C(NCc1ccccc1F)c1nc(C(=O)NC2CCCCC2)n2ccccc12. The number of hydrogen-bond acceptors (Lipinski definition) is 3. The number of amides is 2. The van der Waals surface area contributed by atoms with Crippen LogP contribution >= 0.6 is 0 Å². The van der Waals surface area contributed by atoms with E-state index in [1.165, 1.54) is 12.5 Å². The van der Waals surface area contributed by atoms with Gasteiger partial charge in [0.05, 0.1) is 5.52 Å². The highest BCUT2D eigenvalue weighted by atomic mass is 19.1. The monoisotopic (exact) mass is 394 g/mol. The van der Waals surface area contributed by atoms with Crippen LogP contribution in [0.5, 0.6) is 0 Å². The molecule has 0 aliphatic heterocycles. The van der Waals surface area contributed by atoms with Crippen molar-refractivity contribution in [3.05, 3.63) is 71.6 Å². The van der Waals surface area contributed by atoms with Crippen LogP contribution in [0.4, 0.5) is 4.39 Å². The summed E-state index contributed by atoms with van der Waals surface area (Å²) >= 11 is 0. The van der Waals surface area contributed by atoms with Crippen LogP contribution in [0.25, 0.3) is 5.52 Å². The van der Waals surface area contributed by atoms with Gasteiger partial charge in [-0.3, -0.25) is 14.0 Å². The molecule has 2 heterocycles. The van der Waals surface area contributed by atoms with Gasteiger partial charge in [-0.05, 0) is 31.0 Å². The van der Waals surface area contributed by atoms with E-state index in [9.17, 15) is 14.0 Å². The second kappa shape index (κ2) is 8.43. The zero-order valence-corrected chi connectivity index (χ0v) is 16.0. The maximum atomic E-state index is 13.8. The first-order chi connectivity index (χ1) is 14.1. The van der Waals surface area contributed by atoms with Crippen molar-refractivity contribution < 1.29 is 14.0 Å². The lowest BCUT2D eigenvalue weighted by Gasteiger charge is -2.22. The fourth-order valence-corrected chi connectivity index (χ4v) is 3.76. The lowest BCUT2D eigenvalue weighted by Crippen LogP contribution is -2.37. The van der Waals surface area contributed by atoms with Crippen LogP contribution in [0.3, 0.4) is 0 Å². The molecular weight excluding hydrogens is 371 g/mol. The predicted molar refractivity (Wildman–Crippen MR) is 107 cm³/mol. The van der Waals surface area contributed by atoms with Crippen molar-refractivity contribution in [1.82, 2.24) is 20.0 Å².